The number of carbonyl (C=O) groups is 2. The van der Waals surface area contributed by atoms with Gasteiger partial charge in [-0.1, -0.05) is 20.8 Å². The minimum Gasteiger partial charge on any atom is -0.452 e. The molecule has 1 atom stereocenters. The third-order valence-electron chi connectivity index (χ3n) is 2.81. The van der Waals surface area contributed by atoms with Crippen LogP contribution in [-0.2, 0) is 14.3 Å². The average molecular weight is 227 g/mol. The van der Waals surface area contributed by atoms with E-state index in [2.05, 4.69) is 0 Å². The van der Waals surface area contributed by atoms with Crippen molar-refractivity contribution in [2.75, 3.05) is 13.1 Å². The minimum atomic E-state index is -0.606. The molecule has 0 radical (unpaired) electrons. The van der Waals surface area contributed by atoms with Crippen molar-refractivity contribution in [3.8, 4) is 0 Å². The second-order valence-electron chi connectivity index (χ2n) is 4.54. The zero-order chi connectivity index (χ0) is 12.1. The van der Waals surface area contributed by atoms with Crippen molar-refractivity contribution in [3.05, 3.63) is 0 Å². The molecule has 0 saturated carbocycles. The maximum absolute atomic E-state index is 12.1. The van der Waals surface area contributed by atoms with Gasteiger partial charge in [0.25, 0.3) is 5.91 Å². The first-order valence-electron chi connectivity index (χ1n) is 6.04. The number of hydrogen-bond donors (Lipinski definition) is 0. The van der Waals surface area contributed by atoms with E-state index in [1.54, 1.807) is 11.8 Å². The lowest BCUT2D eigenvalue weighted by Gasteiger charge is -2.25. The van der Waals surface area contributed by atoms with E-state index in [1.165, 1.54) is 0 Å². The number of rotatable bonds is 4. The number of likely N-dealkylation sites (tertiary alicyclic amines) is 1. The molecule has 0 aromatic rings. The molecule has 1 heterocycles. The van der Waals surface area contributed by atoms with Crippen LogP contribution in [0.1, 0.15) is 40.0 Å². The highest BCUT2D eigenvalue weighted by Crippen LogP contribution is 2.16. The molecule has 1 saturated heterocycles. The van der Waals surface area contributed by atoms with E-state index in [9.17, 15) is 9.59 Å². The molecule has 1 aliphatic heterocycles. The Morgan fingerprint density at radius 3 is 2.25 bits per heavy atom. The fourth-order valence-corrected chi connectivity index (χ4v) is 1.81. The number of carbonyl (C=O) groups excluding carboxylic acids is 2. The minimum absolute atomic E-state index is 0.0311. The molecule has 1 rings (SSSR count). The summed E-state index contributed by atoms with van der Waals surface area (Å²) in [6.07, 6.45) is 1.82. The van der Waals surface area contributed by atoms with Crippen LogP contribution in [0.3, 0.4) is 0 Å². The highest BCUT2D eigenvalue weighted by atomic mass is 16.5. The molecule has 92 valence electrons. The lowest BCUT2D eigenvalue weighted by Crippen LogP contribution is -2.42. The van der Waals surface area contributed by atoms with E-state index in [4.69, 9.17) is 4.74 Å². The number of ether oxygens (including phenoxy) is 1. The first kappa shape index (κ1) is 13.0. The number of nitrogens with zero attached hydrogens (tertiary/aromatic N) is 1. The summed E-state index contributed by atoms with van der Waals surface area (Å²) in [6.45, 7) is 7.14. The lowest BCUT2D eigenvalue weighted by atomic mass is 10.1. The van der Waals surface area contributed by atoms with Crippen LogP contribution < -0.4 is 0 Å². The van der Waals surface area contributed by atoms with Crippen LogP contribution in [0.15, 0.2) is 0 Å². The van der Waals surface area contributed by atoms with Crippen LogP contribution in [0.2, 0.25) is 0 Å². The SMILES string of the molecule is CCC(=O)OC(C(=O)N1CCCC1)C(C)C. The van der Waals surface area contributed by atoms with E-state index < -0.39 is 6.10 Å². The van der Waals surface area contributed by atoms with Gasteiger partial charge in [0.1, 0.15) is 0 Å². The second kappa shape index (κ2) is 5.87. The van der Waals surface area contributed by atoms with Crippen LogP contribution in [-0.4, -0.2) is 36.0 Å². The molecule has 1 aliphatic rings. The van der Waals surface area contributed by atoms with E-state index in [0.29, 0.717) is 6.42 Å². The van der Waals surface area contributed by atoms with Crippen LogP contribution in [0.4, 0.5) is 0 Å². The molecule has 4 nitrogen and oxygen atoms in total. The van der Waals surface area contributed by atoms with Gasteiger partial charge in [0, 0.05) is 19.5 Å². The van der Waals surface area contributed by atoms with Crippen molar-refractivity contribution in [2.24, 2.45) is 5.92 Å². The van der Waals surface area contributed by atoms with Crippen molar-refractivity contribution < 1.29 is 14.3 Å². The first-order chi connectivity index (χ1) is 7.56. The first-order valence-corrected chi connectivity index (χ1v) is 6.04. The van der Waals surface area contributed by atoms with Crippen LogP contribution >= 0.6 is 0 Å². The number of hydrogen-bond acceptors (Lipinski definition) is 3. The third-order valence-corrected chi connectivity index (χ3v) is 2.81. The molecule has 0 aromatic carbocycles. The van der Waals surface area contributed by atoms with Gasteiger partial charge >= 0.3 is 5.97 Å². The number of esters is 1. The van der Waals surface area contributed by atoms with Crippen LogP contribution in [0.25, 0.3) is 0 Å². The Bertz CT molecular complexity index is 257. The summed E-state index contributed by atoms with van der Waals surface area (Å²) in [5.41, 5.74) is 0. The Morgan fingerprint density at radius 1 is 1.25 bits per heavy atom. The summed E-state index contributed by atoms with van der Waals surface area (Å²) in [4.78, 5) is 25.1. The summed E-state index contributed by atoms with van der Waals surface area (Å²) in [6, 6.07) is 0. The monoisotopic (exact) mass is 227 g/mol. The highest BCUT2D eigenvalue weighted by molar-refractivity contribution is 5.84. The van der Waals surface area contributed by atoms with Gasteiger partial charge in [-0.15, -0.1) is 0 Å². The largest absolute Gasteiger partial charge is 0.452 e. The average Bonchev–Trinajstić information content (AvgIpc) is 2.77. The van der Waals surface area contributed by atoms with Gasteiger partial charge in [0.05, 0.1) is 0 Å². The Labute approximate surface area is 96.9 Å². The van der Waals surface area contributed by atoms with E-state index in [-0.39, 0.29) is 17.8 Å². The molecule has 0 N–H and O–H groups in total. The van der Waals surface area contributed by atoms with Gasteiger partial charge in [-0.2, -0.15) is 0 Å². The molecule has 1 unspecified atom stereocenters. The molecule has 0 bridgehead atoms. The molecule has 16 heavy (non-hydrogen) atoms. The van der Waals surface area contributed by atoms with Crippen molar-refractivity contribution in [1.29, 1.82) is 0 Å². The molecule has 0 aromatic heterocycles. The molecule has 1 amide bonds. The maximum Gasteiger partial charge on any atom is 0.306 e. The standard InChI is InChI=1S/C12H21NO3/c1-4-10(14)16-11(9(2)3)12(15)13-7-5-6-8-13/h9,11H,4-8H2,1-3H3. The predicted octanol–water partition coefficient (Wildman–Crippen LogP) is 1.59. The zero-order valence-corrected chi connectivity index (χ0v) is 10.4. The van der Waals surface area contributed by atoms with Gasteiger partial charge in [-0.3, -0.25) is 9.59 Å². The summed E-state index contributed by atoms with van der Waals surface area (Å²) < 4.78 is 5.21. The molecule has 0 aliphatic carbocycles. The van der Waals surface area contributed by atoms with Crippen molar-refractivity contribution in [1.82, 2.24) is 4.90 Å². The highest BCUT2D eigenvalue weighted by Gasteiger charge is 2.31. The van der Waals surface area contributed by atoms with Crippen molar-refractivity contribution in [2.45, 2.75) is 46.1 Å². The summed E-state index contributed by atoms with van der Waals surface area (Å²) >= 11 is 0. The van der Waals surface area contributed by atoms with Crippen molar-refractivity contribution >= 4 is 11.9 Å². The molecule has 4 heteroatoms. The van der Waals surface area contributed by atoms with Gasteiger partial charge in [0.15, 0.2) is 6.10 Å². The third kappa shape index (κ3) is 3.22. The second-order valence-corrected chi connectivity index (χ2v) is 4.54. The molecular weight excluding hydrogens is 206 g/mol. The van der Waals surface area contributed by atoms with Gasteiger partial charge < -0.3 is 9.64 Å². The lowest BCUT2D eigenvalue weighted by molar-refractivity contribution is -0.162. The smallest absolute Gasteiger partial charge is 0.306 e. The quantitative estimate of drug-likeness (QED) is 0.685. The Hall–Kier alpha value is -1.06. The summed E-state index contributed by atoms with van der Waals surface area (Å²) in [5, 5.41) is 0. The maximum atomic E-state index is 12.1. The van der Waals surface area contributed by atoms with E-state index >= 15 is 0 Å². The Balaban J connectivity index is 2.61. The molecule has 1 fully saturated rings. The predicted molar refractivity (Wildman–Crippen MR) is 60.8 cm³/mol. The fourth-order valence-electron chi connectivity index (χ4n) is 1.81. The zero-order valence-electron chi connectivity index (χ0n) is 10.4. The normalized spacial score (nSPS) is 17.6. The Morgan fingerprint density at radius 2 is 1.81 bits per heavy atom. The van der Waals surface area contributed by atoms with Crippen LogP contribution in [0.5, 0.6) is 0 Å². The molecular formula is C12H21NO3. The fraction of sp³-hybridized carbons (Fsp3) is 0.833. The number of amides is 1. The van der Waals surface area contributed by atoms with Gasteiger partial charge in [0.2, 0.25) is 0 Å². The Kier molecular flexibility index (Phi) is 4.77. The summed E-state index contributed by atoms with van der Waals surface area (Å²) in [7, 11) is 0. The van der Waals surface area contributed by atoms with E-state index in [0.717, 1.165) is 25.9 Å². The van der Waals surface area contributed by atoms with E-state index in [1.807, 2.05) is 13.8 Å². The van der Waals surface area contributed by atoms with Gasteiger partial charge in [-0.25, -0.2) is 0 Å². The summed E-state index contributed by atoms with van der Waals surface area (Å²) in [5.74, 6) is -0.302. The van der Waals surface area contributed by atoms with Crippen LogP contribution in [0, 0.1) is 5.92 Å². The molecule has 0 spiro atoms. The van der Waals surface area contributed by atoms with Gasteiger partial charge in [-0.05, 0) is 18.8 Å². The topological polar surface area (TPSA) is 46.6 Å². The van der Waals surface area contributed by atoms with Crippen molar-refractivity contribution in [3.63, 3.8) is 0 Å².